The van der Waals surface area contributed by atoms with Crippen LogP contribution in [0.2, 0.25) is 5.02 Å². The van der Waals surface area contributed by atoms with Crippen molar-refractivity contribution in [2.45, 2.75) is 26.3 Å². The lowest BCUT2D eigenvalue weighted by molar-refractivity contribution is 0.416. The van der Waals surface area contributed by atoms with Crippen LogP contribution in [0.4, 0.5) is 5.69 Å². The van der Waals surface area contributed by atoms with E-state index in [9.17, 15) is 0 Å². The Morgan fingerprint density at radius 2 is 2.21 bits per heavy atom. The van der Waals surface area contributed by atoms with Crippen molar-refractivity contribution in [2.24, 2.45) is 0 Å². The van der Waals surface area contributed by atoms with Crippen LogP contribution in [-0.4, -0.2) is 13.2 Å². The van der Waals surface area contributed by atoms with Gasteiger partial charge in [-0.2, -0.15) is 0 Å². The van der Waals surface area contributed by atoms with Crippen molar-refractivity contribution in [3.63, 3.8) is 0 Å². The van der Waals surface area contributed by atoms with Gasteiger partial charge in [0.15, 0.2) is 0 Å². The van der Waals surface area contributed by atoms with Crippen molar-refractivity contribution >= 4 is 17.3 Å². The zero-order valence-corrected chi connectivity index (χ0v) is 9.56. The number of hydrogen-bond acceptors (Lipinski definition) is 2. The van der Waals surface area contributed by atoms with Gasteiger partial charge in [0.2, 0.25) is 0 Å². The highest BCUT2D eigenvalue weighted by Crippen LogP contribution is 2.28. The van der Waals surface area contributed by atoms with E-state index in [1.165, 1.54) is 0 Å². The Morgan fingerprint density at radius 1 is 1.50 bits per heavy atom. The quantitative estimate of drug-likeness (QED) is 0.826. The van der Waals surface area contributed by atoms with E-state index in [0.717, 1.165) is 22.9 Å². The molecule has 0 aliphatic rings. The minimum Gasteiger partial charge on any atom is -0.495 e. The largest absolute Gasteiger partial charge is 0.495 e. The first kappa shape index (κ1) is 11.2. The van der Waals surface area contributed by atoms with E-state index >= 15 is 0 Å². The fraction of sp³-hybridized carbons (Fsp3) is 0.455. The first-order valence-electron chi connectivity index (χ1n) is 4.77. The molecular weight excluding hydrogens is 198 g/mol. The zero-order chi connectivity index (χ0) is 10.6. The van der Waals surface area contributed by atoms with Gasteiger partial charge in [-0.3, -0.25) is 0 Å². The molecule has 0 saturated carbocycles. The number of benzene rings is 1. The highest BCUT2D eigenvalue weighted by molar-refractivity contribution is 6.30. The summed E-state index contributed by atoms with van der Waals surface area (Å²) in [5, 5.41) is 4.06. The number of halogens is 1. The summed E-state index contributed by atoms with van der Waals surface area (Å²) < 4.78 is 5.22. The molecule has 0 saturated heterocycles. The molecule has 0 heterocycles. The maximum absolute atomic E-state index is 5.90. The smallest absolute Gasteiger partial charge is 0.142 e. The molecule has 0 aliphatic heterocycles. The van der Waals surface area contributed by atoms with Crippen LogP contribution in [0.5, 0.6) is 5.75 Å². The summed E-state index contributed by atoms with van der Waals surface area (Å²) >= 11 is 5.90. The lowest BCUT2D eigenvalue weighted by atomic mass is 10.2. The van der Waals surface area contributed by atoms with Gasteiger partial charge in [0.05, 0.1) is 12.8 Å². The predicted octanol–water partition coefficient (Wildman–Crippen LogP) is 3.56. The molecule has 0 fully saturated rings. The van der Waals surface area contributed by atoms with Crippen LogP contribution in [0.15, 0.2) is 18.2 Å². The van der Waals surface area contributed by atoms with E-state index in [1.807, 2.05) is 18.2 Å². The number of rotatable bonds is 4. The van der Waals surface area contributed by atoms with Gasteiger partial charge in [-0.1, -0.05) is 18.5 Å². The molecule has 1 atom stereocenters. The SMILES string of the molecule is CC[C@@H](C)Nc1cc(Cl)ccc1OC. The van der Waals surface area contributed by atoms with Gasteiger partial charge in [0.1, 0.15) is 5.75 Å². The Labute approximate surface area is 90.2 Å². The molecular formula is C11H16ClNO. The second kappa shape index (κ2) is 5.11. The molecule has 1 aromatic carbocycles. The van der Waals surface area contributed by atoms with Crippen molar-refractivity contribution in [3.05, 3.63) is 23.2 Å². The lowest BCUT2D eigenvalue weighted by Crippen LogP contribution is -2.13. The second-order valence-electron chi connectivity index (χ2n) is 3.30. The summed E-state index contributed by atoms with van der Waals surface area (Å²) in [6.07, 6.45) is 1.07. The first-order valence-corrected chi connectivity index (χ1v) is 5.15. The lowest BCUT2D eigenvalue weighted by Gasteiger charge is -2.16. The van der Waals surface area contributed by atoms with Gasteiger partial charge >= 0.3 is 0 Å². The maximum Gasteiger partial charge on any atom is 0.142 e. The fourth-order valence-electron chi connectivity index (χ4n) is 1.16. The average Bonchev–Trinajstić information content (AvgIpc) is 2.18. The standard InChI is InChI=1S/C11H16ClNO/c1-4-8(2)13-10-7-9(12)5-6-11(10)14-3/h5-8,13H,4H2,1-3H3/t8-/m1/s1. The highest BCUT2D eigenvalue weighted by atomic mass is 35.5. The van der Waals surface area contributed by atoms with E-state index in [4.69, 9.17) is 16.3 Å². The van der Waals surface area contributed by atoms with Crippen LogP contribution in [0.1, 0.15) is 20.3 Å². The summed E-state index contributed by atoms with van der Waals surface area (Å²) in [7, 11) is 1.66. The highest BCUT2D eigenvalue weighted by Gasteiger charge is 2.05. The Kier molecular flexibility index (Phi) is 4.08. The van der Waals surface area contributed by atoms with E-state index < -0.39 is 0 Å². The molecule has 3 heteroatoms. The number of methoxy groups -OCH3 is 1. The molecule has 0 amide bonds. The Hall–Kier alpha value is -0.890. The molecule has 14 heavy (non-hydrogen) atoms. The van der Waals surface area contributed by atoms with Crippen molar-refractivity contribution in [1.82, 2.24) is 0 Å². The van der Waals surface area contributed by atoms with Gasteiger partial charge in [-0.15, -0.1) is 0 Å². The fourth-order valence-corrected chi connectivity index (χ4v) is 1.33. The summed E-state index contributed by atoms with van der Waals surface area (Å²) in [6.45, 7) is 4.26. The average molecular weight is 214 g/mol. The third-order valence-electron chi connectivity index (χ3n) is 2.18. The number of ether oxygens (including phenoxy) is 1. The summed E-state index contributed by atoms with van der Waals surface area (Å²) in [5.74, 6) is 0.828. The summed E-state index contributed by atoms with van der Waals surface area (Å²) in [6, 6.07) is 5.99. The monoisotopic (exact) mass is 213 g/mol. The third-order valence-corrected chi connectivity index (χ3v) is 2.41. The molecule has 1 N–H and O–H groups in total. The van der Waals surface area contributed by atoms with E-state index in [-0.39, 0.29) is 0 Å². The van der Waals surface area contributed by atoms with Crippen molar-refractivity contribution in [2.75, 3.05) is 12.4 Å². The molecule has 0 unspecified atom stereocenters. The van der Waals surface area contributed by atoms with Gasteiger partial charge in [-0.25, -0.2) is 0 Å². The minimum atomic E-state index is 0.419. The summed E-state index contributed by atoms with van der Waals surface area (Å²) in [5.41, 5.74) is 0.953. The van der Waals surface area contributed by atoms with E-state index in [2.05, 4.69) is 19.2 Å². The molecule has 0 aromatic heterocycles. The Balaban J connectivity index is 2.87. The molecule has 0 radical (unpaired) electrons. The topological polar surface area (TPSA) is 21.3 Å². The van der Waals surface area contributed by atoms with Gasteiger partial charge in [0, 0.05) is 11.1 Å². The van der Waals surface area contributed by atoms with Crippen molar-refractivity contribution in [1.29, 1.82) is 0 Å². The molecule has 1 aromatic rings. The number of nitrogens with one attached hydrogen (secondary N) is 1. The van der Waals surface area contributed by atoms with Gasteiger partial charge < -0.3 is 10.1 Å². The van der Waals surface area contributed by atoms with Gasteiger partial charge in [0.25, 0.3) is 0 Å². The zero-order valence-electron chi connectivity index (χ0n) is 8.80. The molecule has 0 aliphatic carbocycles. The predicted molar refractivity (Wildman–Crippen MR) is 61.4 cm³/mol. The molecule has 0 spiro atoms. The van der Waals surface area contributed by atoms with E-state index in [1.54, 1.807) is 7.11 Å². The number of hydrogen-bond donors (Lipinski definition) is 1. The second-order valence-corrected chi connectivity index (χ2v) is 3.73. The minimum absolute atomic E-state index is 0.419. The van der Waals surface area contributed by atoms with Gasteiger partial charge in [-0.05, 0) is 31.5 Å². The third kappa shape index (κ3) is 2.81. The normalized spacial score (nSPS) is 12.3. The van der Waals surface area contributed by atoms with Crippen LogP contribution in [0, 0.1) is 0 Å². The molecule has 1 rings (SSSR count). The van der Waals surface area contributed by atoms with Crippen LogP contribution in [0.25, 0.3) is 0 Å². The Bertz CT molecular complexity index is 301. The van der Waals surface area contributed by atoms with Crippen LogP contribution in [-0.2, 0) is 0 Å². The van der Waals surface area contributed by atoms with Crippen LogP contribution in [0.3, 0.4) is 0 Å². The van der Waals surface area contributed by atoms with E-state index in [0.29, 0.717) is 6.04 Å². The molecule has 78 valence electrons. The maximum atomic E-state index is 5.90. The molecule has 2 nitrogen and oxygen atoms in total. The van der Waals surface area contributed by atoms with Crippen molar-refractivity contribution < 1.29 is 4.74 Å². The van der Waals surface area contributed by atoms with Crippen LogP contribution >= 0.6 is 11.6 Å². The summed E-state index contributed by atoms with van der Waals surface area (Å²) in [4.78, 5) is 0. The van der Waals surface area contributed by atoms with Crippen molar-refractivity contribution in [3.8, 4) is 5.75 Å². The number of anilines is 1. The van der Waals surface area contributed by atoms with Crippen LogP contribution < -0.4 is 10.1 Å². The first-order chi connectivity index (χ1) is 6.67. The Morgan fingerprint density at radius 3 is 2.79 bits per heavy atom. The molecule has 0 bridgehead atoms.